The van der Waals surface area contributed by atoms with Crippen molar-refractivity contribution in [3.05, 3.63) is 34.1 Å². The first-order valence-electron chi connectivity index (χ1n) is 6.34. The third-order valence-electron chi connectivity index (χ3n) is 3.33. The van der Waals surface area contributed by atoms with Crippen LogP contribution >= 0.6 is 11.3 Å². The Bertz CT molecular complexity index is 568. The standard InChI is InChI=1S/C14H17N3S/c1-8-6-10(7-9(2)16-8)14-17-13-11(15)4-3-5-12(13)18-14/h6-7,11H,3-5,15H2,1-2H3. The number of hydrogen-bond acceptors (Lipinski definition) is 4. The van der Waals surface area contributed by atoms with Crippen LogP contribution in [0.5, 0.6) is 0 Å². The van der Waals surface area contributed by atoms with Gasteiger partial charge in [-0.2, -0.15) is 0 Å². The lowest BCUT2D eigenvalue weighted by atomic mass is 9.99. The predicted octanol–water partition coefficient (Wildman–Crippen LogP) is 3.16. The molecule has 0 amide bonds. The monoisotopic (exact) mass is 259 g/mol. The van der Waals surface area contributed by atoms with E-state index in [1.807, 2.05) is 13.8 Å². The summed E-state index contributed by atoms with van der Waals surface area (Å²) in [6.45, 7) is 4.05. The number of aryl methyl sites for hydroxylation is 3. The van der Waals surface area contributed by atoms with Crippen molar-refractivity contribution in [1.29, 1.82) is 0 Å². The van der Waals surface area contributed by atoms with E-state index in [-0.39, 0.29) is 6.04 Å². The van der Waals surface area contributed by atoms with Crippen molar-refractivity contribution < 1.29 is 0 Å². The van der Waals surface area contributed by atoms with Gasteiger partial charge in [0.2, 0.25) is 0 Å². The summed E-state index contributed by atoms with van der Waals surface area (Å²) < 4.78 is 0. The van der Waals surface area contributed by atoms with E-state index in [1.54, 1.807) is 11.3 Å². The first kappa shape index (κ1) is 11.8. The second-order valence-corrected chi connectivity index (χ2v) is 6.05. The lowest BCUT2D eigenvalue weighted by molar-refractivity contribution is 0.564. The molecule has 0 aromatic carbocycles. The van der Waals surface area contributed by atoms with Gasteiger partial charge in [-0.1, -0.05) is 0 Å². The summed E-state index contributed by atoms with van der Waals surface area (Å²) in [6, 6.07) is 4.33. The van der Waals surface area contributed by atoms with Crippen LogP contribution < -0.4 is 5.73 Å². The summed E-state index contributed by atoms with van der Waals surface area (Å²) in [6.07, 6.45) is 3.37. The highest BCUT2D eigenvalue weighted by atomic mass is 32.1. The second-order valence-electron chi connectivity index (χ2n) is 4.96. The molecule has 3 rings (SSSR count). The molecule has 0 fully saturated rings. The van der Waals surface area contributed by atoms with Gasteiger partial charge in [-0.15, -0.1) is 11.3 Å². The van der Waals surface area contributed by atoms with Crippen LogP contribution in [0.4, 0.5) is 0 Å². The van der Waals surface area contributed by atoms with Crippen LogP contribution in [0.2, 0.25) is 0 Å². The highest BCUT2D eigenvalue weighted by Crippen LogP contribution is 2.36. The Morgan fingerprint density at radius 1 is 1.22 bits per heavy atom. The van der Waals surface area contributed by atoms with E-state index in [2.05, 4.69) is 17.1 Å². The van der Waals surface area contributed by atoms with Gasteiger partial charge in [-0.3, -0.25) is 4.98 Å². The van der Waals surface area contributed by atoms with E-state index in [9.17, 15) is 0 Å². The van der Waals surface area contributed by atoms with Crippen molar-refractivity contribution >= 4 is 11.3 Å². The molecule has 1 aliphatic carbocycles. The molecule has 94 valence electrons. The van der Waals surface area contributed by atoms with Gasteiger partial charge in [0.15, 0.2) is 0 Å². The Hall–Kier alpha value is -1.26. The molecular weight excluding hydrogens is 242 g/mol. The second kappa shape index (κ2) is 4.44. The van der Waals surface area contributed by atoms with Crippen molar-refractivity contribution in [2.24, 2.45) is 5.73 Å². The molecular formula is C14H17N3S. The first-order valence-corrected chi connectivity index (χ1v) is 7.16. The number of nitrogens with zero attached hydrogens (tertiary/aromatic N) is 2. The number of rotatable bonds is 1. The lowest BCUT2D eigenvalue weighted by Gasteiger charge is -2.15. The maximum atomic E-state index is 6.13. The van der Waals surface area contributed by atoms with Crippen LogP contribution in [0.3, 0.4) is 0 Å². The van der Waals surface area contributed by atoms with Gasteiger partial charge in [-0.05, 0) is 45.2 Å². The Balaban J connectivity index is 2.07. The van der Waals surface area contributed by atoms with Crippen molar-refractivity contribution in [3.8, 4) is 10.6 Å². The number of aromatic nitrogens is 2. The number of pyridine rings is 1. The topological polar surface area (TPSA) is 51.8 Å². The maximum absolute atomic E-state index is 6.13. The molecule has 18 heavy (non-hydrogen) atoms. The fourth-order valence-corrected chi connectivity index (χ4v) is 3.69. The molecule has 2 aromatic heterocycles. The van der Waals surface area contributed by atoms with E-state index < -0.39 is 0 Å². The molecule has 1 aliphatic rings. The molecule has 3 nitrogen and oxygen atoms in total. The smallest absolute Gasteiger partial charge is 0.124 e. The highest BCUT2D eigenvalue weighted by molar-refractivity contribution is 7.15. The molecule has 4 heteroatoms. The number of hydrogen-bond donors (Lipinski definition) is 1. The van der Waals surface area contributed by atoms with Crippen molar-refractivity contribution in [2.45, 2.75) is 39.2 Å². The van der Waals surface area contributed by atoms with E-state index in [1.165, 1.54) is 16.9 Å². The number of fused-ring (bicyclic) bond motifs is 1. The predicted molar refractivity (Wildman–Crippen MR) is 74.7 cm³/mol. The van der Waals surface area contributed by atoms with Crippen LogP contribution in [0, 0.1) is 13.8 Å². The average Bonchev–Trinajstić information content (AvgIpc) is 2.73. The Morgan fingerprint density at radius 2 is 1.94 bits per heavy atom. The highest BCUT2D eigenvalue weighted by Gasteiger charge is 2.22. The van der Waals surface area contributed by atoms with Gasteiger partial charge in [-0.25, -0.2) is 4.98 Å². The maximum Gasteiger partial charge on any atom is 0.124 e. The minimum atomic E-state index is 0.128. The minimum absolute atomic E-state index is 0.128. The third-order valence-corrected chi connectivity index (χ3v) is 4.51. The Morgan fingerprint density at radius 3 is 2.61 bits per heavy atom. The van der Waals surface area contributed by atoms with Gasteiger partial charge >= 0.3 is 0 Å². The van der Waals surface area contributed by atoms with Crippen LogP contribution in [-0.4, -0.2) is 9.97 Å². The normalized spacial score (nSPS) is 18.7. The van der Waals surface area contributed by atoms with Crippen molar-refractivity contribution in [1.82, 2.24) is 9.97 Å². The zero-order valence-electron chi connectivity index (χ0n) is 10.7. The molecule has 0 aliphatic heterocycles. The fraction of sp³-hybridized carbons (Fsp3) is 0.429. The summed E-state index contributed by atoms with van der Waals surface area (Å²) in [5, 5.41) is 1.09. The lowest BCUT2D eigenvalue weighted by Crippen LogP contribution is -2.16. The van der Waals surface area contributed by atoms with Crippen molar-refractivity contribution in [2.75, 3.05) is 0 Å². The summed E-state index contributed by atoms with van der Waals surface area (Å²) >= 11 is 1.79. The number of nitrogens with two attached hydrogens (primary N) is 1. The first-order chi connectivity index (χ1) is 8.63. The van der Waals surface area contributed by atoms with Crippen LogP contribution in [0.1, 0.15) is 40.8 Å². The molecule has 0 spiro atoms. The molecule has 0 bridgehead atoms. The van der Waals surface area contributed by atoms with Crippen LogP contribution in [0.25, 0.3) is 10.6 Å². The van der Waals surface area contributed by atoms with Crippen LogP contribution in [-0.2, 0) is 6.42 Å². The van der Waals surface area contributed by atoms with Gasteiger partial charge in [0.1, 0.15) is 5.01 Å². The van der Waals surface area contributed by atoms with Gasteiger partial charge in [0.05, 0.1) is 5.69 Å². The Labute approximate surface area is 111 Å². The van der Waals surface area contributed by atoms with E-state index in [0.717, 1.165) is 34.9 Å². The summed E-state index contributed by atoms with van der Waals surface area (Å²) in [5.74, 6) is 0. The number of thiazole rings is 1. The minimum Gasteiger partial charge on any atom is -0.323 e. The zero-order chi connectivity index (χ0) is 12.7. The SMILES string of the molecule is Cc1cc(-c2nc3c(s2)CCCC3N)cc(C)n1. The summed E-state index contributed by atoms with van der Waals surface area (Å²) in [4.78, 5) is 10.5. The molecule has 2 aromatic rings. The van der Waals surface area contributed by atoms with Gasteiger partial charge < -0.3 is 5.73 Å². The molecule has 2 N–H and O–H groups in total. The largest absolute Gasteiger partial charge is 0.323 e. The quantitative estimate of drug-likeness (QED) is 0.856. The molecule has 2 heterocycles. The van der Waals surface area contributed by atoms with Gasteiger partial charge in [0, 0.05) is 27.9 Å². The molecule has 1 atom stereocenters. The molecule has 0 radical (unpaired) electrons. The molecule has 0 saturated carbocycles. The summed E-state index contributed by atoms with van der Waals surface area (Å²) in [5.41, 5.74) is 10.5. The fourth-order valence-electron chi connectivity index (χ4n) is 2.53. The van der Waals surface area contributed by atoms with E-state index in [0.29, 0.717) is 0 Å². The third kappa shape index (κ3) is 2.06. The summed E-state index contributed by atoms with van der Waals surface area (Å²) in [7, 11) is 0. The molecule has 0 saturated heterocycles. The zero-order valence-corrected chi connectivity index (χ0v) is 11.5. The average molecular weight is 259 g/mol. The van der Waals surface area contributed by atoms with Gasteiger partial charge in [0.25, 0.3) is 0 Å². The van der Waals surface area contributed by atoms with E-state index >= 15 is 0 Å². The van der Waals surface area contributed by atoms with Crippen LogP contribution in [0.15, 0.2) is 12.1 Å². The van der Waals surface area contributed by atoms with E-state index in [4.69, 9.17) is 10.7 Å². The molecule has 1 unspecified atom stereocenters. The Kier molecular flexibility index (Phi) is 2.92. The van der Waals surface area contributed by atoms with Crippen molar-refractivity contribution in [3.63, 3.8) is 0 Å².